The Kier molecular flexibility index (Phi) is 7.66. The highest BCUT2D eigenvalue weighted by Crippen LogP contribution is 2.40. The van der Waals surface area contributed by atoms with Gasteiger partial charge in [-0.3, -0.25) is 14.6 Å². The molecule has 2 aromatic rings. The molecule has 2 unspecified atom stereocenters. The van der Waals surface area contributed by atoms with Crippen molar-refractivity contribution < 1.29 is 9.59 Å². The zero-order chi connectivity index (χ0) is 25.5. The van der Waals surface area contributed by atoms with Crippen molar-refractivity contribution in [3.8, 4) is 6.07 Å². The summed E-state index contributed by atoms with van der Waals surface area (Å²) in [6.45, 7) is 6.56. The molecule has 1 aromatic carbocycles. The average molecular weight is 478 g/mol. The first-order valence-corrected chi connectivity index (χ1v) is 11.8. The summed E-state index contributed by atoms with van der Waals surface area (Å²) >= 11 is 0. The van der Waals surface area contributed by atoms with Gasteiger partial charge >= 0.3 is 0 Å². The van der Waals surface area contributed by atoms with E-state index in [4.69, 9.17) is 0 Å². The van der Waals surface area contributed by atoms with E-state index in [1.807, 2.05) is 23.1 Å². The second-order valence-corrected chi connectivity index (χ2v) is 8.75. The Bertz CT molecular complexity index is 1330. The molecule has 0 radical (unpaired) electrons. The molecule has 1 fully saturated rings. The van der Waals surface area contributed by atoms with Gasteiger partial charge in [-0.05, 0) is 55.2 Å². The molecule has 0 saturated carbocycles. The molecule has 1 aliphatic heterocycles. The molecule has 180 valence electrons. The van der Waals surface area contributed by atoms with Gasteiger partial charge in [-0.15, -0.1) is 0 Å². The van der Waals surface area contributed by atoms with Crippen molar-refractivity contribution in [2.45, 2.75) is 13.3 Å². The molecular weight excluding hydrogens is 450 g/mol. The van der Waals surface area contributed by atoms with E-state index < -0.39 is 5.91 Å². The quantitative estimate of drug-likeness (QED) is 0.357. The number of nitriles is 1. The number of rotatable bonds is 7. The van der Waals surface area contributed by atoms with E-state index >= 15 is 0 Å². The van der Waals surface area contributed by atoms with Gasteiger partial charge in [0.1, 0.15) is 5.82 Å². The van der Waals surface area contributed by atoms with Crippen LogP contribution in [0.1, 0.15) is 30.0 Å². The van der Waals surface area contributed by atoms with E-state index in [-0.39, 0.29) is 11.7 Å². The molecule has 7 heteroatoms. The second-order valence-electron chi connectivity index (χ2n) is 8.75. The monoisotopic (exact) mass is 477 g/mol. The highest BCUT2D eigenvalue weighted by Gasteiger charge is 2.37. The molecule has 1 saturated heterocycles. The Morgan fingerprint density at radius 2 is 2.06 bits per heavy atom. The second kappa shape index (κ2) is 11.2. The fraction of sp³-hybridized carbons (Fsp3) is 0.207. The first kappa shape index (κ1) is 24.6. The number of carbonyl (C=O) groups excluding carboxylic acids is 2. The number of pyridine rings is 1. The van der Waals surface area contributed by atoms with Crippen LogP contribution < -0.4 is 5.32 Å². The van der Waals surface area contributed by atoms with Crippen LogP contribution >= 0.6 is 0 Å². The summed E-state index contributed by atoms with van der Waals surface area (Å²) < 4.78 is 0. The lowest BCUT2D eigenvalue weighted by Gasteiger charge is -2.15. The van der Waals surface area contributed by atoms with E-state index in [1.165, 1.54) is 35.7 Å². The van der Waals surface area contributed by atoms with Gasteiger partial charge in [0, 0.05) is 37.1 Å². The van der Waals surface area contributed by atoms with Gasteiger partial charge in [0.2, 0.25) is 5.91 Å². The molecular formula is C29H27N5O2. The minimum Gasteiger partial charge on any atom is -0.338 e. The number of hydrogen-bond acceptors (Lipinski definition) is 5. The van der Waals surface area contributed by atoms with Crippen molar-refractivity contribution in [1.29, 1.82) is 5.26 Å². The highest BCUT2D eigenvalue weighted by atomic mass is 16.2. The maximum absolute atomic E-state index is 12.8. The minimum absolute atomic E-state index is 0.0848. The first-order chi connectivity index (χ1) is 17.5. The summed E-state index contributed by atoms with van der Waals surface area (Å²) in [4.78, 5) is 35.0. The molecule has 2 atom stereocenters. The van der Waals surface area contributed by atoms with Crippen LogP contribution in [0.4, 0.5) is 5.82 Å². The number of fused-ring (bicyclic) bond motifs is 1. The molecule has 0 bridgehead atoms. The number of nitrogens with zero attached hydrogens (tertiary/aromatic N) is 4. The molecule has 1 N–H and O–H groups in total. The zero-order valence-corrected chi connectivity index (χ0v) is 20.1. The Morgan fingerprint density at radius 3 is 2.75 bits per heavy atom. The van der Waals surface area contributed by atoms with Gasteiger partial charge in [-0.1, -0.05) is 48.6 Å². The van der Waals surface area contributed by atoms with Crippen LogP contribution in [0.3, 0.4) is 0 Å². The normalized spacial score (nSPS) is 19.3. The van der Waals surface area contributed by atoms with Crippen LogP contribution in [0.15, 0.2) is 83.7 Å². The maximum atomic E-state index is 12.8. The van der Waals surface area contributed by atoms with Crippen molar-refractivity contribution in [1.82, 2.24) is 9.88 Å². The van der Waals surface area contributed by atoms with E-state index in [0.717, 1.165) is 13.0 Å². The summed E-state index contributed by atoms with van der Waals surface area (Å²) in [5.41, 5.74) is 3.73. The number of benzene rings is 1. The zero-order valence-electron chi connectivity index (χ0n) is 20.1. The third kappa shape index (κ3) is 5.56. The first-order valence-electron chi connectivity index (χ1n) is 11.8. The molecule has 2 heterocycles. The lowest BCUT2D eigenvalue weighted by molar-refractivity contribution is -0.125. The van der Waals surface area contributed by atoms with Crippen LogP contribution in [0.25, 0.3) is 11.6 Å². The Morgan fingerprint density at radius 1 is 1.25 bits per heavy atom. The fourth-order valence-electron chi connectivity index (χ4n) is 4.63. The van der Waals surface area contributed by atoms with Gasteiger partial charge in [0.15, 0.2) is 0 Å². The number of aliphatic imine (C=N–C) groups is 1. The van der Waals surface area contributed by atoms with Crippen LogP contribution in [-0.2, 0) is 9.59 Å². The van der Waals surface area contributed by atoms with Crippen LogP contribution in [-0.4, -0.2) is 41.5 Å². The molecule has 1 aromatic heterocycles. The van der Waals surface area contributed by atoms with Gasteiger partial charge in [0.25, 0.3) is 5.91 Å². The highest BCUT2D eigenvalue weighted by molar-refractivity contribution is 6.05. The summed E-state index contributed by atoms with van der Waals surface area (Å²) in [5.74, 6) is 0.537. The maximum Gasteiger partial charge on any atom is 0.258 e. The SMILES string of the molecule is C=N/C=C(\C=C/C)C(=O)Nc1cc(C#N)c(/C=C/C(=O)N2CC3C=C(c4ccccc4)CC3C2)cn1. The largest absolute Gasteiger partial charge is 0.338 e. The molecule has 1 aliphatic carbocycles. The number of aromatic nitrogens is 1. The lowest BCUT2D eigenvalue weighted by Crippen LogP contribution is -2.27. The predicted molar refractivity (Wildman–Crippen MR) is 142 cm³/mol. The average Bonchev–Trinajstić information content (AvgIpc) is 3.48. The van der Waals surface area contributed by atoms with Crippen molar-refractivity contribution >= 4 is 36.0 Å². The number of nitrogens with one attached hydrogen (secondary N) is 1. The van der Waals surface area contributed by atoms with Crippen molar-refractivity contribution in [3.63, 3.8) is 0 Å². The molecule has 7 nitrogen and oxygen atoms in total. The number of hydrogen-bond donors (Lipinski definition) is 1. The van der Waals surface area contributed by atoms with E-state index in [2.05, 4.69) is 46.3 Å². The summed E-state index contributed by atoms with van der Waals surface area (Å²) in [7, 11) is 0. The number of amides is 2. The number of allylic oxidation sites excluding steroid dienone is 2. The number of likely N-dealkylation sites (tertiary alicyclic amines) is 1. The van der Waals surface area contributed by atoms with E-state index in [0.29, 0.717) is 35.1 Å². The Balaban J connectivity index is 1.40. The summed E-state index contributed by atoms with van der Waals surface area (Å²) in [6, 6.07) is 14.0. The summed E-state index contributed by atoms with van der Waals surface area (Å²) in [5, 5.41) is 12.2. The van der Waals surface area contributed by atoms with E-state index in [9.17, 15) is 14.9 Å². The summed E-state index contributed by atoms with van der Waals surface area (Å²) in [6.07, 6.45) is 12.5. The van der Waals surface area contributed by atoms with Crippen LogP contribution in [0.2, 0.25) is 0 Å². The van der Waals surface area contributed by atoms with Gasteiger partial charge in [-0.25, -0.2) is 4.98 Å². The predicted octanol–water partition coefficient (Wildman–Crippen LogP) is 4.63. The number of anilines is 1. The molecule has 36 heavy (non-hydrogen) atoms. The van der Waals surface area contributed by atoms with Crippen molar-refractivity contribution in [2.75, 3.05) is 18.4 Å². The van der Waals surface area contributed by atoms with E-state index in [1.54, 1.807) is 25.2 Å². The lowest BCUT2D eigenvalue weighted by atomic mass is 9.98. The van der Waals surface area contributed by atoms with Gasteiger partial charge in [-0.2, -0.15) is 5.26 Å². The molecule has 2 amide bonds. The third-order valence-corrected chi connectivity index (χ3v) is 6.39. The van der Waals surface area contributed by atoms with Crippen molar-refractivity contribution in [2.24, 2.45) is 16.8 Å². The smallest absolute Gasteiger partial charge is 0.258 e. The fourth-order valence-corrected chi connectivity index (χ4v) is 4.63. The Labute approximate surface area is 210 Å². The topological polar surface area (TPSA) is 98.4 Å². The van der Waals surface area contributed by atoms with Gasteiger partial charge in [0.05, 0.1) is 17.2 Å². The third-order valence-electron chi connectivity index (χ3n) is 6.39. The van der Waals surface area contributed by atoms with Gasteiger partial charge < -0.3 is 10.2 Å². The molecule has 0 spiro atoms. The molecule has 2 aliphatic rings. The molecule has 4 rings (SSSR count). The van der Waals surface area contributed by atoms with Crippen molar-refractivity contribution in [3.05, 3.63) is 95.4 Å². The van der Waals surface area contributed by atoms with Crippen LogP contribution in [0.5, 0.6) is 0 Å². The number of carbonyl (C=O) groups is 2. The Hall–Kier alpha value is -4.57. The minimum atomic E-state index is -0.417. The van der Waals surface area contributed by atoms with Crippen LogP contribution in [0, 0.1) is 23.2 Å². The standard InChI is InChI=1S/C29H27N5O2/c1-3-7-22(16-31-2)29(36)33-27-14-24(15-30)21(17-32-27)10-11-28(35)34-18-25-12-23(13-26(25)19-34)20-8-5-4-6-9-20/h3-12,14,16-17,25-26H,2,13,18-19H2,1H3,(H,32,33,36)/b7-3-,11-10+,22-16+.